The van der Waals surface area contributed by atoms with E-state index in [1.165, 1.54) is 18.3 Å². The molecular weight excluding hydrogens is 209 g/mol. The summed E-state index contributed by atoms with van der Waals surface area (Å²) in [6.07, 6.45) is -3.04. The molecule has 0 atom stereocenters. The van der Waals surface area contributed by atoms with Gasteiger partial charge in [-0.25, -0.2) is 4.98 Å². The van der Waals surface area contributed by atoms with Crippen LogP contribution in [-0.4, -0.2) is 30.7 Å². The first-order valence-corrected chi connectivity index (χ1v) is 3.97. The van der Waals surface area contributed by atoms with Crippen molar-refractivity contribution in [3.63, 3.8) is 0 Å². The van der Waals surface area contributed by atoms with Gasteiger partial charge < -0.3 is 4.74 Å². The van der Waals surface area contributed by atoms with E-state index in [9.17, 15) is 13.2 Å². The number of hydrogen-bond acceptors (Lipinski definition) is 2. The van der Waals surface area contributed by atoms with Gasteiger partial charge in [-0.1, -0.05) is 6.07 Å². The van der Waals surface area contributed by atoms with Crippen LogP contribution in [0.25, 0.3) is 0 Å². The van der Waals surface area contributed by atoms with Gasteiger partial charge in [-0.05, 0) is 6.07 Å². The molecule has 1 aromatic heterocycles. The highest BCUT2D eigenvalue weighted by Gasteiger charge is 2.28. The molecule has 0 aliphatic carbocycles. The highest BCUT2D eigenvalue weighted by atomic mass is 19.4. The Hall–Kier alpha value is -1.81. The Kier molecular flexibility index (Phi) is 3.46. The largest absolute Gasteiger partial charge is 0.468 e. The first kappa shape index (κ1) is 11.3. The van der Waals surface area contributed by atoms with Gasteiger partial charge in [0.15, 0.2) is 6.61 Å². The third-order valence-electron chi connectivity index (χ3n) is 1.35. The highest BCUT2D eigenvalue weighted by Crippen LogP contribution is 2.16. The van der Waals surface area contributed by atoms with E-state index in [4.69, 9.17) is 0 Å². The van der Waals surface area contributed by atoms with Gasteiger partial charge in [0.05, 0.1) is 0 Å². The standard InChI is InChI=1S/C9H8F3N2O/c1-13-5-7-3-2-4-8(14-7)15-6-9(10,11)12/h2-5H,1,6H2/q+1. The maximum atomic E-state index is 11.8. The second kappa shape index (κ2) is 4.61. The van der Waals surface area contributed by atoms with E-state index in [-0.39, 0.29) is 5.88 Å². The van der Waals surface area contributed by atoms with Crippen molar-refractivity contribution in [1.82, 2.24) is 9.65 Å². The van der Waals surface area contributed by atoms with Crippen LogP contribution in [0.4, 0.5) is 13.2 Å². The minimum atomic E-state index is -4.36. The van der Waals surface area contributed by atoms with Crippen molar-refractivity contribution >= 4 is 12.9 Å². The van der Waals surface area contributed by atoms with Crippen LogP contribution in [0.5, 0.6) is 5.88 Å². The zero-order valence-electron chi connectivity index (χ0n) is 7.66. The number of pyridine rings is 1. The molecule has 0 aliphatic rings. The average molecular weight is 217 g/mol. The maximum Gasteiger partial charge on any atom is 0.422 e. The van der Waals surface area contributed by atoms with E-state index in [1.54, 1.807) is 6.07 Å². The van der Waals surface area contributed by atoms with E-state index in [2.05, 4.69) is 21.1 Å². The Bertz CT molecular complexity index is 383. The molecule has 0 amide bonds. The van der Waals surface area contributed by atoms with Gasteiger partial charge in [0.1, 0.15) is 5.69 Å². The number of nitrogens with zero attached hydrogens (tertiary/aromatic N) is 2. The summed E-state index contributed by atoms with van der Waals surface area (Å²) in [5, 5.41) is 0. The Morgan fingerprint density at radius 1 is 1.47 bits per heavy atom. The predicted octanol–water partition coefficient (Wildman–Crippen LogP) is 1.21. The lowest BCUT2D eigenvalue weighted by molar-refractivity contribution is -0.154. The van der Waals surface area contributed by atoms with Crippen LogP contribution >= 0.6 is 0 Å². The summed E-state index contributed by atoms with van der Waals surface area (Å²) in [6.45, 7) is 1.85. The molecule has 0 saturated carbocycles. The Labute approximate surface area is 84.0 Å². The zero-order chi connectivity index (χ0) is 11.3. The fourth-order valence-corrected chi connectivity index (χ4v) is 0.832. The number of hydrogen-bond donors (Lipinski definition) is 0. The van der Waals surface area contributed by atoms with Crippen molar-refractivity contribution in [1.29, 1.82) is 0 Å². The maximum absolute atomic E-state index is 11.8. The number of aromatic nitrogens is 1. The van der Waals surface area contributed by atoms with Crippen LogP contribution in [0.2, 0.25) is 0 Å². The normalized spacial score (nSPS) is 10.6. The SMILES string of the molecule is C=[N+]=Cc1cccc(OCC(F)(F)F)n1. The first-order chi connectivity index (χ1) is 7.01. The second-order valence-electron chi connectivity index (χ2n) is 2.62. The predicted molar refractivity (Wildman–Crippen MR) is 50.2 cm³/mol. The van der Waals surface area contributed by atoms with Crippen molar-refractivity contribution in [3.05, 3.63) is 23.9 Å². The summed E-state index contributed by atoms with van der Waals surface area (Å²) in [4.78, 5) is 3.75. The summed E-state index contributed by atoms with van der Waals surface area (Å²) in [6, 6.07) is 4.44. The third kappa shape index (κ3) is 4.28. The highest BCUT2D eigenvalue weighted by molar-refractivity contribution is 5.76. The molecule has 1 rings (SSSR count). The summed E-state index contributed by atoms with van der Waals surface area (Å²) < 4.78 is 43.3. The van der Waals surface area contributed by atoms with Crippen LogP contribution in [0, 0.1) is 0 Å². The van der Waals surface area contributed by atoms with E-state index >= 15 is 0 Å². The molecule has 0 saturated heterocycles. The van der Waals surface area contributed by atoms with Gasteiger partial charge in [0.25, 0.3) is 6.72 Å². The van der Waals surface area contributed by atoms with E-state index in [1.807, 2.05) is 0 Å². The fraction of sp³-hybridized carbons (Fsp3) is 0.222. The molecule has 1 aromatic rings. The second-order valence-corrected chi connectivity index (χ2v) is 2.62. The molecule has 0 spiro atoms. The molecule has 0 aromatic carbocycles. The molecular formula is C9H8F3N2O+. The van der Waals surface area contributed by atoms with Gasteiger partial charge in [-0.2, -0.15) is 13.2 Å². The monoisotopic (exact) mass is 217 g/mol. The Morgan fingerprint density at radius 3 is 2.80 bits per heavy atom. The smallest absolute Gasteiger partial charge is 0.422 e. The average Bonchev–Trinajstić information content (AvgIpc) is 2.15. The molecule has 0 fully saturated rings. The van der Waals surface area contributed by atoms with E-state index < -0.39 is 12.8 Å². The van der Waals surface area contributed by atoms with Gasteiger partial charge in [-0.3, -0.25) is 0 Å². The van der Waals surface area contributed by atoms with Gasteiger partial charge in [0.2, 0.25) is 5.88 Å². The van der Waals surface area contributed by atoms with Gasteiger partial charge >= 0.3 is 12.4 Å². The first-order valence-electron chi connectivity index (χ1n) is 3.97. The summed E-state index contributed by atoms with van der Waals surface area (Å²) in [5.74, 6) is -0.0928. The lowest BCUT2D eigenvalue weighted by Gasteiger charge is -2.07. The molecule has 6 heteroatoms. The van der Waals surface area contributed by atoms with Crippen LogP contribution in [0.15, 0.2) is 18.2 Å². The van der Waals surface area contributed by atoms with Crippen molar-refractivity contribution in [3.8, 4) is 5.88 Å². The molecule has 15 heavy (non-hydrogen) atoms. The van der Waals surface area contributed by atoms with Crippen molar-refractivity contribution in [2.24, 2.45) is 0 Å². The molecule has 3 nitrogen and oxygen atoms in total. The molecule has 80 valence electrons. The van der Waals surface area contributed by atoms with Crippen molar-refractivity contribution < 1.29 is 17.9 Å². The summed E-state index contributed by atoms with van der Waals surface area (Å²) in [5.41, 5.74) is 0.393. The lowest BCUT2D eigenvalue weighted by atomic mass is 10.4. The van der Waals surface area contributed by atoms with Crippen molar-refractivity contribution in [2.45, 2.75) is 6.18 Å². The molecule has 0 radical (unpaired) electrons. The topological polar surface area (TPSA) is 36.2 Å². The minimum Gasteiger partial charge on any atom is -0.468 e. The Balaban J connectivity index is 2.70. The van der Waals surface area contributed by atoms with Gasteiger partial charge in [-0.15, -0.1) is 4.67 Å². The number of ether oxygens (including phenoxy) is 1. The Morgan fingerprint density at radius 2 is 2.20 bits per heavy atom. The van der Waals surface area contributed by atoms with E-state index in [0.717, 1.165) is 0 Å². The summed E-state index contributed by atoms with van der Waals surface area (Å²) in [7, 11) is 0. The van der Waals surface area contributed by atoms with Crippen LogP contribution in [-0.2, 0) is 0 Å². The molecule has 0 aliphatic heterocycles. The van der Waals surface area contributed by atoms with Crippen molar-refractivity contribution in [2.75, 3.05) is 6.61 Å². The van der Waals surface area contributed by atoms with E-state index in [0.29, 0.717) is 5.69 Å². The lowest BCUT2D eigenvalue weighted by Crippen LogP contribution is -2.19. The van der Waals surface area contributed by atoms with Crippen LogP contribution < -0.4 is 9.40 Å². The molecule has 0 N–H and O–H groups in total. The van der Waals surface area contributed by atoms with Crippen LogP contribution in [0.3, 0.4) is 0 Å². The molecule has 0 bridgehead atoms. The van der Waals surface area contributed by atoms with Crippen LogP contribution in [0.1, 0.15) is 5.69 Å². The summed E-state index contributed by atoms with van der Waals surface area (Å²) >= 11 is 0. The quantitative estimate of drug-likeness (QED) is 0.563. The van der Waals surface area contributed by atoms with Gasteiger partial charge in [0, 0.05) is 6.07 Å². The number of halogens is 3. The molecule has 1 heterocycles. The fourth-order valence-electron chi connectivity index (χ4n) is 0.832. The molecule has 0 unspecified atom stereocenters. The number of rotatable bonds is 3. The zero-order valence-corrected chi connectivity index (χ0v) is 7.66. The number of alkyl halides is 3. The third-order valence-corrected chi connectivity index (χ3v) is 1.35. The minimum absolute atomic E-state index is 0.0928.